The summed E-state index contributed by atoms with van der Waals surface area (Å²) in [6.45, 7) is 11.5. The monoisotopic (exact) mass is 535 g/mol. The summed E-state index contributed by atoms with van der Waals surface area (Å²) in [7, 11) is 0. The molecule has 3 rings (SSSR count). The molecule has 0 spiro atoms. The normalized spacial score (nSPS) is 11.2. The fraction of sp³-hybridized carbons (Fsp3) is 0.286. The number of benzene rings is 1. The van der Waals surface area contributed by atoms with Gasteiger partial charge in [-0.3, -0.25) is 0 Å². The van der Waals surface area contributed by atoms with Gasteiger partial charge < -0.3 is 14.8 Å². The lowest BCUT2D eigenvalue weighted by molar-refractivity contribution is 0.0527. The van der Waals surface area contributed by atoms with E-state index >= 15 is 0 Å². The molecule has 0 bridgehead atoms. The second-order valence-electron chi connectivity index (χ2n) is 8.51. The number of carbonyl (C=O) groups excluding carboxylic acids is 2. The van der Waals surface area contributed by atoms with Crippen LogP contribution in [0.2, 0.25) is 0 Å². The standard InChI is InChI=1S/C28H29N3O4S2/c1-6-12-35-28(33)24-18(5)23(27(32)34-7-2)26(37-24)30-15-21(14-29)25-31-22(16-36-25)20-10-8-19(9-11-20)13-17(3)4/h6,8-11,15-17,30H,1,7,12-13H2,2-5H3/b21-15-. The van der Waals surface area contributed by atoms with E-state index in [1.807, 2.05) is 17.5 Å². The summed E-state index contributed by atoms with van der Waals surface area (Å²) in [6, 6.07) is 10.4. The first-order chi connectivity index (χ1) is 17.8. The molecule has 1 N–H and O–H groups in total. The third-order valence-corrected chi connectivity index (χ3v) is 7.32. The molecular weight excluding hydrogens is 506 g/mol. The molecule has 0 aliphatic carbocycles. The number of aromatic nitrogens is 1. The summed E-state index contributed by atoms with van der Waals surface area (Å²) in [5.41, 5.74) is 4.00. The third kappa shape index (κ3) is 6.94. The molecule has 0 radical (unpaired) electrons. The van der Waals surface area contributed by atoms with Crippen LogP contribution in [0.4, 0.5) is 5.00 Å². The Bertz CT molecular complexity index is 1340. The van der Waals surface area contributed by atoms with Crippen LogP contribution in [-0.2, 0) is 15.9 Å². The van der Waals surface area contributed by atoms with Crippen molar-refractivity contribution >= 4 is 45.2 Å². The highest BCUT2D eigenvalue weighted by molar-refractivity contribution is 7.18. The minimum Gasteiger partial charge on any atom is -0.462 e. The zero-order valence-electron chi connectivity index (χ0n) is 21.3. The third-order valence-electron chi connectivity index (χ3n) is 5.24. The number of nitriles is 1. The molecule has 0 fully saturated rings. The van der Waals surface area contributed by atoms with Crippen LogP contribution in [0.3, 0.4) is 0 Å². The van der Waals surface area contributed by atoms with E-state index in [1.165, 1.54) is 29.2 Å². The number of anilines is 1. The molecule has 2 aromatic heterocycles. The van der Waals surface area contributed by atoms with Gasteiger partial charge in [-0.1, -0.05) is 50.8 Å². The number of thiazole rings is 1. The topological polar surface area (TPSA) is 101 Å². The maximum atomic E-state index is 12.6. The fourth-order valence-electron chi connectivity index (χ4n) is 3.55. The van der Waals surface area contributed by atoms with E-state index in [-0.39, 0.29) is 23.7 Å². The maximum Gasteiger partial charge on any atom is 0.348 e. The Morgan fingerprint density at radius 1 is 1.22 bits per heavy atom. The molecule has 0 amide bonds. The van der Waals surface area contributed by atoms with Crippen molar-refractivity contribution in [2.45, 2.75) is 34.1 Å². The number of thiophene rings is 1. The van der Waals surface area contributed by atoms with E-state index in [9.17, 15) is 14.9 Å². The first-order valence-corrected chi connectivity index (χ1v) is 13.5. The predicted octanol–water partition coefficient (Wildman–Crippen LogP) is 6.87. The van der Waals surface area contributed by atoms with Gasteiger partial charge in [0.25, 0.3) is 0 Å². The lowest BCUT2D eigenvalue weighted by atomic mass is 10.0. The van der Waals surface area contributed by atoms with Crippen molar-refractivity contribution in [3.63, 3.8) is 0 Å². The van der Waals surface area contributed by atoms with Crippen molar-refractivity contribution in [1.82, 2.24) is 4.98 Å². The van der Waals surface area contributed by atoms with Crippen LogP contribution in [0.1, 0.15) is 56.9 Å². The Kier molecular flexibility index (Phi) is 9.78. The van der Waals surface area contributed by atoms with Crippen molar-refractivity contribution < 1.29 is 19.1 Å². The van der Waals surface area contributed by atoms with Gasteiger partial charge in [-0.2, -0.15) is 5.26 Å². The number of nitrogens with zero attached hydrogens (tertiary/aromatic N) is 2. The number of allylic oxidation sites excluding steroid dienone is 1. The molecule has 2 heterocycles. The van der Waals surface area contributed by atoms with Crippen LogP contribution in [0.5, 0.6) is 0 Å². The number of nitrogens with one attached hydrogen (secondary N) is 1. The second kappa shape index (κ2) is 13.0. The molecule has 0 atom stereocenters. The second-order valence-corrected chi connectivity index (χ2v) is 10.4. The number of carbonyl (C=O) groups is 2. The predicted molar refractivity (Wildman–Crippen MR) is 149 cm³/mol. The average Bonchev–Trinajstić information content (AvgIpc) is 3.48. The Labute approximate surface area is 225 Å². The summed E-state index contributed by atoms with van der Waals surface area (Å²) >= 11 is 2.42. The number of hydrogen-bond donors (Lipinski definition) is 1. The van der Waals surface area contributed by atoms with Gasteiger partial charge in [0, 0.05) is 17.1 Å². The number of rotatable bonds is 11. The highest BCUT2D eigenvalue weighted by Gasteiger charge is 2.26. The Balaban J connectivity index is 1.88. The molecule has 3 aromatic rings. The highest BCUT2D eigenvalue weighted by atomic mass is 32.1. The molecule has 1 aromatic carbocycles. The molecular formula is C28H29N3O4S2. The van der Waals surface area contributed by atoms with Crippen LogP contribution < -0.4 is 5.32 Å². The summed E-state index contributed by atoms with van der Waals surface area (Å²) in [4.78, 5) is 30.0. The van der Waals surface area contributed by atoms with E-state index in [4.69, 9.17) is 9.47 Å². The van der Waals surface area contributed by atoms with Crippen LogP contribution in [0, 0.1) is 24.2 Å². The Hall–Kier alpha value is -3.74. The van der Waals surface area contributed by atoms with Crippen molar-refractivity contribution in [3.05, 3.63) is 75.1 Å². The van der Waals surface area contributed by atoms with Gasteiger partial charge in [-0.15, -0.1) is 22.7 Å². The molecule has 7 nitrogen and oxygen atoms in total. The quantitative estimate of drug-likeness (QED) is 0.162. The number of esters is 2. The van der Waals surface area contributed by atoms with Crippen LogP contribution >= 0.6 is 22.7 Å². The molecule has 192 valence electrons. The minimum atomic E-state index is -0.564. The van der Waals surface area contributed by atoms with E-state index in [0.29, 0.717) is 27.1 Å². The van der Waals surface area contributed by atoms with Crippen LogP contribution in [0.15, 0.2) is 48.5 Å². The van der Waals surface area contributed by atoms with Crippen molar-refractivity contribution in [3.8, 4) is 17.3 Å². The number of hydrogen-bond acceptors (Lipinski definition) is 9. The number of ether oxygens (including phenoxy) is 2. The van der Waals surface area contributed by atoms with Gasteiger partial charge >= 0.3 is 11.9 Å². The van der Waals surface area contributed by atoms with Crippen molar-refractivity contribution in [2.75, 3.05) is 18.5 Å². The van der Waals surface area contributed by atoms with Crippen molar-refractivity contribution in [1.29, 1.82) is 5.26 Å². The summed E-state index contributed by atoms with van der Waals surface area (Å²) in [6.07, 6.45) is 3.97. The molecule has 0 aliphatic heterocycles. The molecule has 0 aliphatic rings. The zero-order chi connectivity index (χ0) is 26.9. The Morgan fingerprint density at radius 2 is 1.95 bits per heavy atom. The van der Waals surface area contributed by atoms with E-state index in [0.717, 1.165) is 29.0 Å². The zero-order valence-corrected chi connectivity index (χ0v) is 22.9. The summed E-state index contributed by atoms with van der Waals surface area (Å²) in [5.74, 6) is -0.543. The lowest BCUT2D eigenvalue weighted by Gasteiger charge is -2.05. The molecule has 0 unspecified atom stereocenters. The molecule has 0 saturated carbocycles. The van der Waals surface area contributed by atoms with E-state index < -0.39 is 11.9 Å². The largest absolute Gasteiger partial charge is 0.462 e. The van der Waals surface area contributed by atoms with Gasteiger partial charge in [0.2, 0.25) is 0 Å². The SMILES string of the molecule is C=CCOC(=O)c1sc(N/C=C(/C#N)c2nc(-c3ccc(CC(C)C)cc3)cs2)c(C(=O)OCC)c1C. The molecule has 0 saturated heterocycles. The minimum absolute atomic E-state index is 0.0546. The maximum absolute atomic E-state index is 12.6. The molecule has 9 heteroatoms. The van der Waals surface area contributed by atoms with Crippen LogP contribution in [-0.4, -0.2) is 30.1 Å². The van der Waals surface area contributed by atoms with Gasteiger partial charge in [0.1, 0.15) is 33.1 Å². The Morgan fingerprint density at radius 3 is 2.57 bits per heavy atom. The average molecular weight is 536 g/mol. The van der Waals surface area contributed by atoms with Crippen LogP contribution in [0.25, 0.3) is 16.8 Å². The fourth-order valence-corrected chi connectivity index (χ4v) is 5.40. The first-order valence-electron chi connectivity index (χ1n) is 11.8. The molecule has 37 heavy (non-hydrogen) atoms. The lowest BCUT2D eigenvalue weighted by Crippen LogP contribution is -2.09. The van der Waals surface area contributed by atoms with Gasteiger partial charge in [-0.25, -0.2) is 14.6 Å². The summed E-state index contributed by atoms with van der Waals surface area (Å²) < 4.78 is 10.3. The van der Waals surface area contributed by atoms with E-state index in [2.05, 4.69) is 48.9 Å². The van der Waals surface area contributed by atoms with Crippen molar-refractivity contribution in [2.24, 2.45) is 5.92 Å². The van der Waals surface area contributed by atoms with Gasteiger partial charge in [0.05, 0.1) is 17.9 Å². The first kappa shape index (κ1) is 27.8. The summed E-state index contributed by atoms with van der Waals surface area (Å²) in [5, 5.41) is 15.6. The van der Waals surface area contributed by atoms with E-state index in [1.54, 1.807) is 13.8 Å². The highest BCUT2D eigenvalue weighted by Crippen LogP contribution is 2.35. The van der Waals surface area contributed by atoms with Gasteiger partial charge in [-0.05, 0) is 37.3 Å². The smallest absolute Gasteiger partial charge is 0.348 e. The van der Waals surface area contributed by atoms with Gasteiger partial charge in [0.15, 0.2) is 0 Å².